The van der Waals surface area contributed by atoms with Gasteiger partial charge in [0.1, 0.15) is 12.3 Å². The van der Waals surface area contributed by atoms with Gasteiger partial charge in [-0.25, -0.2) is 9.59 Å². The van der Waals surface area contributed by atoms with Crippen molar-refractivity contribution in [3.05, 3.63) is 0 Å². The molecule has 0 aromatic rings. The first-order chi connectivity index (χ1) is 7.68. The highest BCUT2D eigenvalue weighted by atomic mass is 16.2. The van der Waals surface area contributed by atoms with E-state index in [0.29, 0.717) is 0 Å². The summed E-state index contributed by atoms with van der Waals surface area (Å²) in [6, 6.07) is -0.0766. The lowest BCUT2D eigenvalue weighted by molar-refractivity contribution is 0.0811. The number of hydrogen-bond donors (Lipinski definition) is 0. The van der Waals surface area contributed by atoms with Crippen molar-refractivity contribution in [2.75, 3.05) is 21.1 Å². The van der Waals surface area contributed by atoms with E-state index >= 15 is 0 Å². The van der Waals surface area contributed by atoms with Crippen molar-refractivity contribution in [2.24, 2.45) is 0 Å². The molecule has 0 aromatic carbocycles. The number of rotatable bonds is 0. The van der Waals surface area contributed by atoms with Crippen LogP contribution in [0.25, 0.3) is 0 Å². The number of urea groups is 2. The van der Waals surface area contributed by atoms with Crippen LogP contribution >= 0.6 is 0 Å². The van der Waals surface area contributed by atoms with E-state index in [1.807, 2.05) is 20.8 Å². The van der Waals surface area contributed by atoms with Crippen LogP contribution in [0, 0.1) is 0 Å². The van der Waals surface area contributed by atoms with Gasteiger partial charge in [0.2, 0.25) is 0 Å². The number of fused-ring (bicyclic) bond motifs is 1. The normalized spacial score (nSPS) is 29.5. The van der Waals surface area contributed by atoms with Crippen LogP contribution in [0.4, 0.5) is 9.59 Å². The Bertz CT molecular complexity index is 376. The first-order valence-electron chi connectivity index (χ1n) is 5.73. The Kier molecular flexibility index (Phi) is 2.31. The molecule has 17 heavy (non-hydrogen) atoms. The monoisotopic (exact) mass is 240 g/mol. The van der Waals surface area contributed by atoms with E-state index < -0.39 is 0 Å². The summed E-state index contributed by atoms with van der Waals surface area (Å²) >= 11 is 0. The van der Waals surface area contributed by atoms with Crippen LogP contribution in [0.2, 0.25) is 0 Å². The molecule has 6 heteroatoms. The number of carbonyl (C=O) groups is 2. The fourth-order valence-corrected chi connectivity index (χ4v) is 2.72. The van der Waals surface area contributed by atoms with Gasteiger partial charge < -0.3 is 14.7 Å². The summed E-state index contributed by atoms with van der Waals surface area (Å²) < 4.78 is 0. The molecular weight excluding hydrogens is 220 g/mol. The molecule has 0 saturated carbocycles. The van der Waals surface area contributed by atoms with Gasteiger partial charge in [0.05, 0.1) is 0 Å². The number of hydrogen-bond acceptors (Lipinski definition) is 2. The molecule has 96 valence electrons. The summed E-state index contributed by atoms with van der Waals surface area (Å²) in [6.45, 7) is 5.95. The van der Waals surface area contributed by atoms with Crippen molar-refractivity contribution in [1.29, 1.82) is 0 Å². The van der Waals surface area contributed by atoms with Gasteiger partial charge in [-0.1, -0.05) is 0 Å². The van der Waals surface area contributed by atoms with Gasteiger partial charge in [-0.3, -0.25) is 4.90 Å². The van der Waals surface area contributed by atoms with E-state index in [1.54, 1.807) is 40.7 Å². The van der Waals surface area contributed by atoms with Crippen molar-refractivity contribution in [3.8, 4) is 0 Å². The summed E-state index contributed by atoms with van der Waals surface area (Å²) in [7, 11) is 5.22. The van der Waals surface area contributed by atoms with Gasteiger partial charge in [-0.05, 0) is 20.8 Å². The molecule has 6 nitrogen and oxygen atoms in total. The van der Waals surface area contributed by atoms with Crippen LogP contribution < -0.4 is 0 Å². The first kappa shape index (κ1) is 12.0. The predicted molar refractivity (Wildman–Crippen MR) is 63.2 cm³/mol. The van der Waals surface area contributed by atoms with Crippen molar-refractivity contribution < 1.29 is 9.59 Å². The van der Waals surface area contributed by atoms with Gasteiger partial charge in [0.25, 0.3) is 0 Å². The fraction of sp³-hybridized carbons (Fsp3) is 0.818. The number of likely N-dealkylation sites (N-methyl/N-ethyl adjacent to an activating group) is 3. The second kappa shape index (κ2) is 3.27. The maximum atomic E-state index is 12.3. The average Bonchev–Trinajstić information content (AvgIpc) is 2.58. The van der Waals surface area contributed by atoms with E-state index in [9.17, 15) is 9.59 Å². The third kappa shape index (κ3) is 1.39. The lowest BCUT2D eigenvalue weighted by atomic mass is 10.1. The van der Waals surface area contributed by atoms with Crippen molar-refractivity contribution in [1.82, 2.24) is 19.6 Å². The van der Waals surface area contributed by atoms with Crippen LogP contribution in [-0.2, 0) is 0 Å². The second-order valence-corrected chi connectivity index (χ2v) is 5.77. The Balaban J connectivity index is 2.45. The summed E-state index contributed by atoms with van der Waals surface area (Å²) in [6.07, 6.45) is -0.399. The van der Waals surface area contributed by atoms with Crippen LogP contribution in [0.3, 0.4) is 0 Å². The maximum Gasteiger partial charge on any atom is 0.323 e. The standard InChI is InChI=1S/C11H20N4O2/c1-11(2,3)15-8-7(13(5)10(15)17)12(4)9(16)14(8)6/h7-8H,1-6H3/t7-,8-/m0/s1. The Labute approximate surface area is 102 Å². The molecule has 0 aromatic heterocycles. The molecule has 0 aliphatic carbocycles. The highest BCUT2D eigenvalue weighted by molar-refractivity contribution is 5.85. The van der Waals surface area contributed by atoms with Crippen LogP contribution in [0.15, 0.2) is 0 Å². The molecule has 0 spiro atoms. The van der Waals surface area contributed by atoms with Gasteiger partial charge in [0, 0.05) is 26.7 Å². The quantitative estimate of drug-likeness (QED) is 0.629. The molecule has 2 rings (SSSR count). The van der Waals surface area contributed by atoms with Crippen molar-refractivity contribution in [3.63, 3.8) is 0 Å². The summed E-state index contributed by atoms with van der Waals surface area (Å²) in [5.41, 5.74) is -0.301. The summed E-state index contributed by atoms with van der Waals surface area (Å²) in [5.74, 6) is 0. The fourth-order valence-electron chi connectivity index (χ4n) is 2.72. The number of carbonyl (C=O) groups excluding carboxylic acids is 2. The molecule has 0 bridgehead atoms. The number of nitrogens with zero attached hydrogens (tertiary/aromatic N) is 4. The summed E-state index contributed by atoms with van der Waals surface area (Å²) in [4.78, 5) is 30.8. The highest BCUT2D eigenvalue weighted by Crippen LogP contribution is 2.36. The molecule has 0 radical (unpaired) electrons. The molecule has 0 N–H and O–H groups in total. The zero-order valence-electron chi connectivity index (χ0n) is 11.3. The van der Waals surface area contributed by atoms with E-state index in [1.165, 1.54) is 0 Å². The zero-order chi connectivity index (χ0) is 13.1. The molecule has 0 unspecified atom stereocenters. The largest absolute Gasteiger partial charge is 0.323 e. The van der Waals surface area contributed by atoms with Crippen molar-refractivity contribution >= 4 is 12.1 Å². The first-order valence-corrected chi connectivity index (χ1v) is 5.73. The minimum Gasteiger partial charge on any atom is -0.303 e. The van der Waals surface area contributed by atoms with Crippen molar-refractivity contribution in [2.45, 2.75) is 38.6 Å². The Morgan fingerprint density at radius 3 is 1.71 bits per heavy atom. The molecule has 4 amide bonds. The third-order valence-electron chi connectivity index (χ3n) is 3.56. The van der Waals surface area contributed by atoms with Crippen LogP contribution in [-0.4, -0.2) is 70.7 Å². The number of amides is 4. The SMILES string of the molecule is CN1C(=O)N(C)[C@@H]2[C@@H]1N(C)C(=O)N2C(C)(C)C. The molecular formula is C11H20N4O2. The highest BCUT2D eigenvalue weighted by Gasteiger charge is 2.58. The smallest absolute Gasteiger partial charge is 0.303 e. The van der Waals surface area contributed by atoms with Crippen LogP contribution in [0.5, 0.6) is 0 Å². The lowest BCUT2D eigenvalue weighted by Crippen LogP contribution is -2.53. The third-order valence-corrected chi connectivity index (χ3v) is 3.56. The Morgan fingerprint density at radius 1 is 0.824 bits per heavy atom. The van der Waals surface area contributed by atoms with E-state index in [0.717, 1.165) is 0 Å². The molecule has 2 saturated heterocycles. The maximum absolute atomic E-state index is 12.3. The molecule has 2 aliphatic rings. The van der Waals surface area contributed by atoms with Gasteiger partial charge in [-0.15, -0.1) is 0 Å². The minimum absolute atomic E-state index is 0.0290. The molecule has 2 fully saturated rings. The zero-order valence-corrected chi connectivity index (χ0v) is 11.3. The van der Waals surface area contributed by atoms with Gasteiger partial charge >= 0.3 is 12.1 Å². The van der Waals surface area contributed by atoms with E-state index in [-0.39, 0.29) is 29.9 Å². The molecule has 2 aliphatic heterocycles. The molecule has 2 heterocycles. The lowest BCUT2D eigenvalue weighted by Gasteiger charge is -2.37. The predicted octanol–water partition coefficient (Wildman–Crippen LogP) is 0.802. The summed E-state index contributed by atoms with van der Waals surface area (Å²) in [5, 5.41) is 0. The molecule has 2 atom stereocenters. The van der Waals surface area contributed by atoms with Crippen LogP contribution in [0.1, 0.15) is 20.8 Å². The van der Waals surface area contributed by atoms with E-state index in [4.69, 9.17) is 0 Å². The van der Waals surface area contributed by atoms with Gasteiger partial charge in [-0.2, -0.15) is 0 Å². The average molecular weight is 240 g/mol. The Hall–Kier alpha value is -1.46. The topological polar surface area (TPSA) is 47.1 Å². The Morgan fingerprint density at radius 2 is 1.24 bits per heavy atom. The minimum atomic E-state index is -0.301. The van der Waals surface area contributed by atoms with E-state index in [2.05, 4.69) is 0 Å². The second-order valence-electron chi connectivity index (χ2n) is 5.77. The van der Waals surface area contributed by atoms with Gasteiger partial charge in [0.15, 0.2) is 0 Å².